The van der Waals surface area contributed by atoms with Crippen LogP contribution in [0.15, 0.2) is 60.7 Å². The van der Waals surface area contributed by atoms with Gasteiger partial charge < -0.3 is 10.2 Å². The van der Waals surface area contributed by atoms with E-state index in [1.807, 2.05) is 44.3 Å². The van der Waals surface area contributed by atoms with Crippen molar-refractivity contribution in [2.45, 2.75) is 26.2 Å². The molecule has 2 heterocycles. The smallest absolute Gasteiger partial charge is 0.321 e. The molecule has 0 aliphatic carbocycles. The summed E-state index contributed by atoms with van der Waals surface area (Å²) < 4.78 is 0. The van der Waals surface area contributed by atoms with Crippen molar-refractivity contribution in [3.63, 3.8) is 0 Å². The first-order valence-corrected chi connectivity index (χ1v) is 11.2. The molecule has 5 nitrogen and oxygen atoms in total. The lowest BCUT2D eigenvalue weighted by Crippen LogP contribution is -2.43. The number of urea groups is 1. The number of aromatic nitrogens is 1. The molecule has 1 aromatic heterocycles. The van der Waals surface area contributed by atoms with E-state index in [9.17, 15) is 4.79 Å². The Balaban J connectivity index is 1.25. The maximum absolute atomic E-state index is 12.8. The summed E-state index contributed by atoms with van der Waals surface area (Å²) in [5, 5.41) is 4.08. The van der Waals surface area contributed by atoms with Gasteiger partial charge in [0.05, 0.1) is 11.2 Å². The molecule has 0 spiro atoms. The zero-order chi connectivity index (χ0) is 21.6. The molecule has 1 saturated heterocycles. The van der Waals surface area contributed by atoms with Crippen LogP contribution in [0.3, 0.4) is 0 Å². The summed E-state index contributed by atoms with van der Waals surface area (Å²) in [6.07, 6.45) is 3.63. The molecule has 1 fully saturated rings. The first-order valence-electron chi connectivity index (χ1n) is 11.2. The second-order valence-electron chi connectivity index (χ2n) is 8.57. The Morgan fingerprint density at radius 2 is 1.81 bits per heavy atom. The fourth-order valence-corrected chi connectivity index (χ4v) is 4.47. The Labute approximate surface area is 185 Å². The van der Waals surface area contributed by atoms with Crippen LogP contribution in [0.4, 0.5) is 10.5 Å². The standard InChI is InChI=1S/C26H32N4O/c1-20-18-25(23-10-6-7-11-24(23)28-20)29(2)26(31)27-14-17-30-15-12-22(13-16-30)19-21-8-4-3-5-9-21/h3-11,18,22H,12-17,19H2,1-2H3,(H,27,31). The molecule has 0 atom stereocenters. The van der Waals surface area contributed by atoms with E-state index in [0.717, 1.165) is 47.8 Å². The van der Waals surface area contributed by atoms with Gasteiger partial charge >= 0.3 is 6.03 Å². The fourth-order valence-electron chi connectivity index (χ4n) is 4.47. The van der Waals surface area contributed by atoms with E-state index in [-0.39, 0.29) is 6.03 Å². The van der Waals surface area contributed by atoms with Gasteiger partial charge in [-0.1, -0.05) is 48.5 Å². The van der Waals surface area contributed by atoms with Crippen molar-refractivity contribution < 1.29 is 4.79 Å². The van der Waals surface area contributed by atoms with Gasteiger partial charge in [-0.25, -0.2) is 4.79 Å². The van der Waals surface area contributed by atoms with Crippen LogP contribution in [0.1, 0.15) is 24.1 Å². The van der Waals surface area contributed by atoms with Gasteiger partial charge in [0.25, 0.3) is 0 Å². The number of nitrogens with one attached hydrogen (secondary N) is 1. The summed E-state index contributed by atoms with van der Waals surface area (Å²) in [5.41, 5.74) is 4.15. The lowest BCUT2D eigenvalue weighted by atomic mass is 9.90. The number of hydrogen-bond acceptors (Lipinski definition) is 3. The Kier molecular flexibility index (Phi) is 6.82. The summed E-state index contributed by atoms with van der Waals surface area (Å²) >= 11 is 0. The predicted molar refractivity (Wildman–Crippen MR) is 128 cm³/mol. The molecule has 0 bridgehead atoms. The minimum atomic E-state index is -0.0743. The van der Waals surface area contributed by atoms with E-state index >= 15 is 0 Å². The van der Waals surface area contributed by atoms with E-state index in [1.165, 1.54) is 24.8 Å². The molecule has 1 N–H and O–H groups in total. The molecule has 3 aromatic rings. The molecule has 1 aliphatic rings. The van der Waals surface area contributed by atoms with Crippen LogP contribution in [0.2, 0.25) is 0 Å². The van der Waals surface area contributed by atoms with Crippen LogP contribution in [-0.4, -0.2) is 49.1 Å². The largest absolute Gasteiger partial charge is 0.336 e. The molecule has 0 saturated carbocycles. The Hall–Kier alpha value is -2.92. The molecule has 2 aromatic carbocycles. The number of amides is 2. The van der Waals surface area contributed by atoms with Crippen molar-refractivity contribution in [2.75, 3.05) is 38.1 Å². The normalized spacial score (nSPS) is 15.2. The first-order chi connectivity index (χ1) is 15.1. The van der Waals surface area contributed by atoms with Crippen LogP contribution in [0.25, 0.3) is 10.9 Å². The topological polar surface area (TPSA) is 48.5 Å². The highest BCUT2D eigenvalue weighted by molar-refractivity contribution is 6.01. The number of carbonyl (C=O) groups is 1. The lowest BCUT2D eigenvalue weighted by molar-refractivity contribution is 0.184. The number of fused-ring (bicyclic) bond motifs is 1. The number of anilines is 1. The van der Waals surface area contributed by atoms with Crippen molar-refractivity contribution in [1.29, 1.82) is 0 Å². The third-order valence-electron chi connectivity index (χ3n) is 6.27. The minimum absolute atomic E-state index is 0.0743. The first kappa shape index (κ1) is 21.3. The van der Waals surface area contributed by atoms with E-state index in [4.69, 9.17) is 0 Å². The summed E-state index contributed by atoms with van der Waals surface area (Å²) in [4.78, 5) is 21.5. The Bertz CT molecular complexity index is 1010. The third-order valence-corrected chi connectivity index (χ3v) is 6.27. The summed E-state index contributed by atoms with van der Waals surface area (Å²) in [7, 11) is 1.83. The van der Waals surface area contributed by atoms with Gasteiger partial charge in [0, 0.05) is 31.2 Å². The van der Waals surface area contributed by atoms with E-state index < -0.39 is 0 Å². The van der Waals surface area contributed by atoms with Gasteiger partial charge in [0.2, 0.25) is 0 Å². The number of pyridine rings is 1. The number of carbonyl (C=O) groups excluding carboxylic acids is 1. The number of rotatable bonds is 6. The number of nitrogens with zero attached hydrogens (tertiary/aromatic N) is 3. The van der Waals surface area contributed by atoms with E-state index in [2.05, 4.69) is 45.5 Å². The van der Waals surface area contributed by atoms with Crippen molar-refractivity contribution in [3.05, 3.63) is 71.9 Å². The number of likely N-dealkylation sites (tertiary alicyclic amines) is 1. The molecule has 31 heavy (non-hydrogen) atoms. The zero-order valence-corrected chi connectivity index (χ0v) is 18.6. The molecule has 0 unspecified atom stereocenters. The number of benzene rings is 2. The predicted octanol–water partition coefficient (Wildman–Crippen LogP) is 4.64. The Morgan fingerprint density at radius 3 is 2.58 bits per heavy atom. The van der Waals surface area contributed by atoms with E-state index in [0.29, 0.717) is 6.54 Å². The molecule has 0 radical (unpaired) electrons. The monoisotopic (exact) mass is 416 g/mol. The van der Waals surface area contributed by atoms with Gasteiger partial charge in [-0.3, -0.25) is 9.88 Å². The fraction of sp³-hybridized carbons (Fsp3) is 0.385. The van der Waals surface area contributed by atoms with Crippen LogP contribution >= 0.6 is 0 Å². The minimum Gasteiger partial charge on any atom is -0.336 e. The second kappa shape index (κ2) is 9.92. The highest BCUT2D eigenvalue weighted by atomic mass is 16.2. The van der Waals surface area contributed by atoms with Crippen LogP contribution in [-0.2, 0) is 6.42 Å². The van der Waals surface area contributed by atoms with Crippen molar-refractivity contribution >= 4 is 22.6 Å². The number of aryl methyl sites for hydroxylation is 1. The van der Waals surface area contributed by atoms with Gasteiger partial charge in [-0.05, 0) is 62.9 Å². The molecular formula is C26H32N4O. The second-order valence-corrected chi connectivity index (χ2v) is 8.57. The van der Waals surface area contributed by atoms with Crippen molar-refractivity contribution in [1.82, 2.24) is 15.2 Å². The molecule has 1 aliphatic heterocycles. The molecular weight excluding hydrogens is 384 g/mol. The van der Waals surface area contributed by atoms with Crippen LogP contribution in [0.5, 0.6) is 0 Å². The number of hydrogen-bond donors (Lipinski definition) is 1. The SMILES string of the molecule is Cc1cc(N(C)C(=O)NCCN2CCC(Cc3ccccc3)CC2)c2ccccc2n1. The average Bonchev–Trinajstić information content (AvgIpc) is 2.79. The molecule has 5 heteroatoms. The molecule has 2 amide bonds. The zero-order valence-electron chi connectivity index (χ0n) is 18.6. The highest BCUT2D eigenvalue weighted by Crippen LogP contribution is 2.26. The lowest BCUT2D eigenvalue weighted by Gasteiger charge is -2.32. The Morgan fingerprint density at radius 1 is 1.10 bits per heavy atom. The summed E-state index contributed by atoms with van der Waals surface area (Å²) in [5.74, 6) is 0.766. The van der Waals surface area contributed by atoms with E-state index in [1.54, 1.807) is 4.90 Å². The van der Waals surface area contributed by atoms with Gasteiger partial charge in [-0.15, -0.1) is 0 Å². The maximum Gasteiger partial charge on any atom is 0.321 e. The quantitative estimate of drug-likeness (QED) is 0.637. The third kappa shape index (κ3) is 5.42. The molecule has 4 rings (SSSR count). The highest BCUT2D eigenvalue weighted by Gasteiger charge is 2.20. The van der Waals surface area contributed by atoms with Gasteiger partial charge in [-0.2, -0.15) is 0 Å². The van der Waals surface area contributed by atoms with Gasteiger partial charge in [0.15, 0.2) is 0 Å². The molecule has 162 valence electrons. The van der Waals surface area contributed by atoms with Crippen LogP contribution < -0.4 is 10.2 Å². The maximum atomic E-state index is 12.8. The summed E-state index contributed by atoms with van der Waals surface area (Å²) in [6.45, 7) is 5.74. The summed E-state index contributed by atoms with van der Waals surface area (Å²) in [6, 6.07) is 20.6. The van der Waals surface area contributed by atoms with Crippen molar-refractivity contribution in [2.24, 2.45) is 5.92 Å². The average molecular weight is 417 g/mol. The van der Waals surface area contributed by atoms with Crippen molar-refractivity contribution in [3.8, 4) is 0 Å². The number of piperidine rings is 1. The number of para-hydroxylation sites is 1. The van der Waals surface area contributed by atoms with Crippen LogP contribution in [0, 0.1) is 12.8 Å². The van der Waals surface area contributed by atoms with Gasteiger partial charge in [0.1, 0.15) is 0 Å².